The van der Waals surface area contributed by atoms with Crippen LogP contribution < -0.4 is 10.6 Å². The second-order valence-corrected chi connectivity index (χ2v) is 7.31. The lowest BCUT2D eigenvalue weighted by Gasteiger charge is -2.33. The van der Waals surface area contributed by atoms with Crippen molar-refractivity contribution in [3.8, 4) is 6.07 Å². The Morgan fingerprint density at radius 2 is 2.03 bits per heavy atom. The van der Waals surface area contributed by atoms with Crippen LogP contribution in [0.25, 0.3) is 0 Å². The molecular formula is C18H17F6N5O3. The topological polar surface area (TPSA) is 107 Å². The molecule has 0 saturated carbocycles. The molecule has 14 heteroatoms. The lowest BCUT2D eigenvalue weighted by molar-refractivity contribution is -0.219. The van der Waals surface area contributed by atoms with E-state index in [1.807, 2.05) is 0 Å². The van der Waals surface area contributed by atoms with Crippen molar-refractivity contribution in [2.75, 3.05) is 18.4 Å². The first-order chi connectivity index (χ1) is 14.9. The van der Waals surface area contributed by atoms with Crippen LogP contribution in [0.2, 0.25) is 0 Å². The minimum atomic E-state index is -5.35. The standard InChI is InChI=1S/C18H17F6N5O3/c19-17(20,21)11-3-1-5-26-13(11)28-10-7-12(27-8-10)14(30)29-6-2-4-16(29,9-25)32-15(31)18(22,23)24/h1,3,5,10,12,27H,2,4,6-8H2,(H,26,28)/t10-,12-,16-/m0/s1. The monoisotopic (exact) mass is 465 g/mol. The van der Waals surface area contributed by atoms with E-state index in [9.17, 15) is 41.2 Å². The molecule has 0 unspecified atom stereocenters. The summed E-state index contributed by atoms with van der Waals surface area (Å²) in [6.45, 7) is -0.0632. The summed E-state index contributed by atoms with van der Waals surface area (Å²) in [6.07, 6.45) is -9.03. The number of nitrogens with zero attached hydrogens (tertiary/aromatic N) is 3. The van der Waals surface area contributed by atoms with E-state index in [-0.39, 0.29) is 32.4 Å². The summed E-state index contributed by atoms with van der Waals surface area (Å²) in [4.78, 5) is 28.6. The molecule has 174 valence electrons. The third-order valence-corrected chi connectivity index (χ3v) is 5.15. The number of alkyl halides is 6. The third kappa shape index (κ3) is 4.72. The van der Waals surface area contributed by atoms with E-state index >= 15 is 0 Å². The largest absolute Gasteiger partial charge is 0.491 e. The predicted octanol–water partition coefficient (Wildman–Crippen LogP) is 2.19. The zero-order valence-corrected chi connectivity index (χ0v) is 16.3. The van der Waals surface area contributed by atoms with Crippen LogP contribution in [0.3, 0.4) is 0 Å². The summed E-state index contributed by atoms with van der Waals surface area (Å²) in [5, 5.41) is 14.8. The second-order valence-electron chi connectivity index (χ2n) is 7.31. The fourth-order valence-corrected chi connectivity index (χ4v) is 3.70. The number of carbonyl (C=O) groups is 2. The van der Waals surface area contributed by atoms with E-state index in [1.54, 1.807) is 0 Å². The number of halogens is 6. The van der Waals surface area contributed by atoms with Gasteiger partial charge in [0.15, 0.2) is 0 Å². The first-order valence-corrected chi connectivity index (χ1v) is 9.42. The highest BCUT2D eigenvalue weighted by Gasteiger charge is 2.54. The molecule has 3 atom stereocenters. The van der Waals surface area contributed by atoms with Gasteiger partial charge in [0.1, 0.15) is 11.9 Å². The average Bonchev–Trinajstić information content (AvgIpc) is 3.34. The van der Waals surface area contributed by atoms with Crippen LogP contribution in [-0.2, 0) is 20.5 Å². The van der Waals surface area contributed by atoms with Crippen molar-refractivity contribution in [1.82, 2.24) is 15.2 Å². The van der Waals surface area contributed by atoms with Gasteiger partial charge >= 0.3 is 18.3 Å². The summed E-state index contributed by atoms with van der Waals surface area (Å²) < 4.78 is 81.6. The van der Waals surface area contributed by atoms with E-state index in [4.69, 9.17) is 0 Å². The van der Waals surface area contributed by atoms with Crippen LogP contribution in [0.1, 0.15) is 24.8 Å². The number of likely N-dealkylation sites (tertiary alicyclic amines) is 1. The van der Waals surface area contributed by atoms with Crippen LogP contribution in [0.4, 0.5) is 32.2 Å². The second kappa shape index (κ2) is 8.45. The molecule has 3 rings (SSSR count). The number of nitriles is 1. The molecule has 2 saturated heterocycles. The number of rotatable bonds is 4. The van der Waals surface area contributed by atoms with Crippen LogP contribution >= 0.6 is 0 Å². The van der Waals surface area contributed by atoms with Gasteiger partial charge in [0.05, 0.1) is 11.6 Å². The number of anilines is 1. The highest BCUT2D eigenvalue weighted by Crippen LogP contribution is 2.36. The van der Waals surface area contributed by atoms with Gasteiger partial charge in [-0.3, -0.25) is 9.69 Å². The number of esters is 1. The number of hydrogen-bond donors (Lipinski definition) is 2. The molecule has 32 heavy (non-hydrogen) atoms. The zero-order chi connectivity index (χ0) is 23.7. The Labute approximate surface area is 177 Å². The quantitative estimate of drug-likeness (QED) is 0.519. The first kappa shape index (κ1) is 23.6. The molecule has 0 aliphatic carbocycles. The molecular weight excluding hydrogens is 448 g/mol. The Hall–Kier alpha value is -3.08. The highest BCUT2D eigenvalue weighted by atomic mass is 19.4. The molecule has 0 aromatic carbocycles. The molecule has 1 amide bonds. The van der Waals surface area contributed by atoms with Gasteiger partial charge in [-0.25, -0.2) is 9.78 Å². The van der Waals surface area contributed by atoms with Crippen LogP contribution in [0.15, 0.2) is 18.3 Å². The molecule has 0 radical (unpaired) electrons. The molecule has 3 heterocycles. The van der Waals surface area contributed by atoms with Gasteiger partial charge in [-0.15, -0.1) is 0 Å². The summed E-state index contributed by atoms with van der Waals surface area (Å²) >= 11 is 0. The van der Waals surface area contributed by atoms with Crippen molar-refractivity contribution in [3.63, 3.8) is 0 Å². The summed E-state index contributed by atoms with van der Waals surface area (Å²) in [5.74, 6) is -3.81. The van der Waals surface area contributed by atoms with E-state index in [0.717, 1.165) is 17.0 Å². The Bertz CT molecular complexity index is 931. The van der Waals surface area contributed by atoms with Gasteiger partial charge in [-0.1, -0.05) is 0 Å². The Balaban J connectivity index is 1.71. The SMILES string of the molecule is N#C[C@@]1(OC(=O)C(F)(F)F)CCCN1C(=O)[C@@H]1C[C@H](Nc2ncccc2C(F)(F)F)CN1. The number of amides is 1. The Morgan fingerprint density at radius 1 is 1.31 bits per heavy atom. The fourth-order valence-electron chi connectivity index (χ4n) is 3.70. The molecule has 0 spiro atoms. The summed E-state index contributed by atoms with van der Waals surface area (Å²) in [7, 11) is 0. The molecule has 0 bridgehead atoms. The van der Waals surface area contributed by atoms with Gasteiger partial charge < -0.3 is 15.4 Å². The maximum atomic E-state index is 13.1. The Morgan fingerprint density at radius 3 is 2.66 bits per heavy atom. The molecule has 2 fully saturated rings. The lowest BCUT2D eigenvalue weighted by atomic mass is 10.1. The fraction of sp³-hybridized carbons (Fsp3) is 0.556. The predicted molar refractivity (Wildman–Crippen MR) is 94.5 cm³/mol. The van der Waals surface area contributed by atoms with Crippen LogP contribution in [0.5, 0.6) is 0 Å². The average molecular weight is 465 g/mol. The van der Waals surface area contributed by atoms with Crippen LogP contribution in [0, 0.1) is 11.3 Å². The van der Waals surface area contributed by atoms with E-state index in [2.05, 4.69) is 20.4 Å². The number of carbonyl (C=O) groups excluding carboxylic acids is 2. The van der Waals surface area contributed by atoms with Gasteiger partial charge in [-0.2, -0.15) is 31.6 Å². The molecule has 2 aliphatic rings. The molecule has 1 aromatic heterocycles. The van der Waals surface area contributed by atoms with Gasteiger partial charge in [0, 0.05) is 31.7 Å². The van der Waals surface area contributed by atoms with E-state index < -0.39 is 53.4 Å². The number of ether oxygens (including phenoxy) is 1. The molecule has 2 N–H and O–H groups in total. The molecule has 2 aliphatic heterocycles. The van der Waals surface area contributed by atoms with Gasteiger partial charge in [0.25, 0.3) is 5.72 Å². The number of pyridine rings is 1. The first-order valence-electron chi connectivity index (χ1n) is 9.42. The van der Waals surface area contributed by atoms with Gasteiger partial charge in [-0.05, 0) is 25.0 Å². The van der Waals surface area contributed by atoms with E-state index in [1.165, 1.54) is 12.3 Å². The summed E-state index contributed by atoms with van der Waals surface area (Å²) in [6, 6.07) is 1.80. The van der Waals surface area contributed by atoms with E-state index in [0.29, 0.717) is 0 Å². The normalized spacial score (nSPS) is 26.0. The molecule has 8 nitrogen and oxygen atoms in total. The Kier molecular flexibility index (Phi) is 6.23. The van der Waals surface area contributed by atoms with Gasteiger partial charge in [0.2, 0.25) is 5.91 Å². The smallest absolute Gasteiger partial charge is 0.418 e. The van der Waals surface area contributed by atoms with Crippen LogP contribution in [-0.4, -0.2) is 58.8 Å². The summed E-state index contributed by atoms with van der Waals surface area (Å²) in [5.41, 5.74) is -3.39. The number of hydrogen-bond acceptors (Lipinski definition) is 7. The van der Waals surface area contributed by atoms with Crippen molar-refractivity contribution in [1.29, 1.82) is 5.26 Å². The van der Waals surface area contributed by atoms with Crippen molar-refractivity contribution in [2.24, 2.45) is 0 Å². The minimum Gasteiger partial charge on any atom is -0.418 e. The maximum absolute atomic E-state index is 13.1. The third-order valence-electron chi connectivity index (χ3n) is 5.15. The minimum absolute atomic E-state index is 0.0298. The number of nitrogens with one attached hydrogen (secondary N) is 2. The molecule has 1 aromatic rings. The zero-order valence-electron chi connectivity index (χ0n) is 16.3. The lowest BCUT2D eigenvalue weighted by Crippen LogP contribution is -2.55. The highest BCUT2D eigenvalue weighted by molar-refractivity contribution is 5.84. The number of aromatic nitrogens is 1. The van der Waals surface area contributed by atoms with Crippen molar-refractivity contribution < 1.29 is 40.7 Å². The van der Waals surface area contributed by atoms with Crippen molar-refractivity contribution >= 4 is 17.7 Å². The van der Waals surface area contributed by atoms with Crippen molar-refractivity contribution in [2.45, 2.75) is 49.4 Å². The maximum Gasteiger partial charge on any atom is 0.491 e. The van der Waals surface area contributed by atoms with Crippen molar-refractivity contribution in [3.05, 3.63) is 23.9 Å².